The second-order valence-corrected chi connectivity index (χ2v) is 5.82. The van der Waals surface area contributed by atoms with E-state index in [-0.39, 0.29) is 0 Å². The van der Waals surface area contributed by atoms with Gasteiger partial charge in [0.05, 0.1) is 7.11 Å². The maximum atomic E-state index is 5.98. The fraction of sp³-hybridized carbons (Fsp3) is 0.500. The van der Waals surface area contributed by atoms with Crippen LogP contribution in [0.25, 0.3) is 11.2 Å². The monoisotopic (exact) mass is 264 g/mol. The molecule has 0 saturated carbocycles. The van der Waals surface area contributed by atoms with E-state index in [9.17, 15) is 0 Å². The van der Waals surface area contributed by atoms with Gasteiger partial charge in [0.25, 0.3) is 0 Å². The van der Waals surface area contributed by atoms with Gasteiger partial charge in [-0.15, -0.1) is 0 Å². The molecule has 1 fully saturated rings. The third kappa shape index (κ3) is 2.01. The fourth-order valence-electron chi connectivity index (χ4n) is 2.29. The maximum Gasteiger partial charge on any atom is 0.215 e. The number of nitrogens with zero attached hydrogens (tertiary/aromatic N) is 3. The average molecular weight is 264 g/mol. The summed E-state index contributed by atoms with van der Waals surface area (Å²) in [6, 6.07) is 3.71. The van der Waals surface area contributed by atoms with Crippen molar-refractivity contribution in [1.82, 2.24) is 14.5 Å². The molecule has 0 bridgehead atoms. The molecular weight excluding hydrogens is 248 g/mol. The molecule has 0 aromatic carbocycles. The van der Waals surface area contributed by atoms with E-state index in [4.69, 9.17) is 10.5 Å². The lowest BCUT2D eigenvalue weighted by molar-refractivity contribution is 0.399. The highest BCUT2D eigenvalue weighted by Gasteiger charge is 2.19. The van der Waals surface area contributed by atoms with Crippen molar-refractivity contribution in [3.63, 3.8) is 0 Å². The van der Waals surface area contributed by atoms with Crippen molar-refractivity contribution in [2.75, 3.05) is 18.6 Å². The van der Waals surface area contributed by atoms with Crippen molar-refractivity contribution in [3.8, 4) is 5.88 Å². The van der Waals surface area contributed by atoms with Gasteiger partial charge in [-0.3, -0.25) is 4.57 Å². The van der Waals surface area contributed by atoms with Crippen molar-refractivity contribution in [3.05, 3.63) is 12.1 Å². The predicted molar refractivity (Wildman–Crippen MR) is 74.0 cm³/mol. The maximum absolute atomic E-state index is 5.98. The van der Waals surface area contributed by atoms with Gasteiger partial charge in [0.15, 0.2) is 5.65 Å². The third-order valence-corrected chi connectivity index (χ3v) is 4.60. The lowest BCUT2D eigenvalue weighted by Gasteiger charge is -2.11. The molecule has 0 radical (unpaired) electrons. The standard InChI is InChI=1S/C12H16N4OS/c1-17-10-5-4-9-11(15-10)16(12(13)14-9)7-8-3-2-6-18-8/h4-5,8H,2-3,6-7H2,1H3,(H2,13,14). The van der Waals surface area contributed by atoms with Gasteiger partial charge in [-0.25, -0.2) is 4.98 Å². The first-order valence-electron chi connectivity index (χ1n) is 6.06. The summed E-state index contributed by atoms with van der Waals surface area (Å²) in [6.45, 7) is 0.882. The number of rotatable bonds is 3. The zero-order valence-electron chi connectivity index (χ0n) is 10.3. The second-order valence-electron chi connectivity index (χ2n) is 4.41. The van der Waals surface area contributed by atoms with Crippen LogP contribution in [0.15, 0.2) is 12.1 Å². The molecule has 6 heteroatoms. The summed E-state index contributed by atoms with van der Waals surface area (Å²) < 4.78 is 7.16. The zero-order chi connectivity index (χ0) is 12.5. The Labute approximate surface area is 110 Å². The Balaban J connectivity index is 2.00. The average Bonchev–Trinajstić information content (AvgIpc) is 2.99. The van der Waals surface area contributed by atoms with Crippen LogP contribution >= 0.6 is 11.8 Å². The number of nitrogen functional groups attached to an aromatic ring is 1. The molecule has 1 aliphatic rings. The van der Waals surface area contributed by atoms with E-state index in [2.05, 4.69) is 9.97 Å². The van der Waals surface area contributed by atoms with Gasteiger partial charge in [-0.05, 0) is 24.7 Å². The molecule has 3 rings (SSSR count). The molecule has 18 heavy (non-hydrogen) atoms. The van der Waals surface area contributed by atoms with E-state index >= 15 is 0 Å². The first-order valence-corrected chi connectivity index (χ1v) is 7.11. The van der Waals surface area contributed by atoms with Gasteiger partial charge in [-0.2, -0.15) is 16.7 Å². The van der Waals surface area contributed by atoms with Gasteiger partial charge >= 0.3 is 0 Å². The first-order chi connectivity index (χ1) is 8.78. The number of methoxy groups -OCH3 is 1. The SMILES string of the molecule is COc1ccc2nc(N)n(CC3CCCS3)c2n1. The van der Waals surface area contributed by atoms with Gasteiger partial charge in [0, 0.05) is 17.9 Å². The van der Waals surface area contributed by atoms with Crippen LogP contribution in [-0.2, 0) is 6.54 Å². The molecule has 2 N–H and O–H groups in total. The van der Waals surface area contributed by atoms with E-state index in [1.54, 1.807) is 7.11 Å². The minimum absolute atomic E-state index is 0.540. The lowest BCUT2D eigenvalue weighted by Crippen LogP contribution is -2.12. The Morgan fingerprint density at radius 1 is 1.50 bits per heavy atom. The number of pyridine rings is 1. The molecule has 5 nitrogen and oxygen atoms in total. The van der Waals surface area contributed by atoms with E-state index in [1.165, 1.54) is 18.6 Å². The predicted octanol–water partition coefficient (Wildman–Crippen LogP) is 1.92. The molecule has 3 heterocycles. The van der Waals surface area contributed by atoms with Gasteiger partial charge in [0.2, 0.25) is 11.8 Å². The zero-order valence-corrected chi connectivity index (χ0v) is 11.1. The molecule has 96 valence electrons. The van der Waals surface area contributed by atoms with Crippen LogP contribution in [0.5, 0.6) is 5.88 Å². The molecule has 2 aromatic rings. The van der Waals surface area contributed by atoms with Crippen LogP contribution in [0.4, 0.5) is 5.95 Å². The van der Waals surface area contributed by atoms with Gasteiger partial charge in [-0.1, -0.05) is 0 Å². The molecule has 0 spiro atoms. The van der Waals surface area contributed by atoms with Crippen LogP contribution in [-0.4, -0.2) is 32.6 Å². The Hall–Kier alpha value is -1.43. The number of hydrogen-bond donors (Lipinski definition) is 1. The van der Waals surface area contributed by atoms with Gasteiger partial charge in [0.1, 0.15) is 5.52 Å². The Morgan fingerprint density at radius 3 is 3.11 bits per heavy atom. The van der Waals surface area contributed by atoms with Crippen LogP contribution in [0, 0.1) is 0 Å². The molecule has 1 atom stereocenters. The van der Waals surface area contributed by atoms with E-state index < -0.39 is 0 Å². The van der Waals surface area contributed by atoms with Crippen LogP contribution in [0.1, 0.15) is 12.8 Å². The topological polar surface area (TPSA) is 66.0 Å². The number of anilines is 1. The fourth-order valence-corrected chi connectivity index (χ4v) is 3.54. The van der Waals surface area contributed by atoms with Gasteiger partial charge < -0.3 is 10.5 Å². The molecule has 0 aliphatic carbocycles. The highest BCUT2D eigenvalue weighted by molar-refractivity contribution is 8.00. The molecule has 2 aromatic heterocycles. The summed E-state index contributed by atoms with van der Waals surface area (Å²) in [6.07, 6.45) is 2.53. The number of ether oxygens (including phenoxy) is 1. The minimum atomic E-state index is 0.540. The van der Waals surface area contributed by atoms with E-state index in [0.717, 1.165) is 17.7 Å². The number of imidazole rings is 1. The quantitative estimate of drug-likeness (QED) is 0.917. The van der Waals surface area contributed by atoms with Crippen LogP contribution < -0.4 is 10.5 Å². The summed E-state index contributed by atoms with van der Waals surface area (Å²) in [5, 5.41) is 0.623. The second kappa shape index (κ2) is 4.68. The summed E-state index contributed by atoms with van der Waals surface area (Å²) in [4.78, 5) is 8.79. The number of hydrogen-bond acceptors (Lipinski definition) is 5. The van der Waals surface area contributed by atoms with Crippen molar-refractivity contribution >= 4 is 28.9 Å². The Kier molecular flexibility index (Phi) is 3.03. The number of thioether (sulfide) groups is 1. The molecular formula is C12H16N4OS. The van der Waals surface area contributed by atoms with E-state index in [0.29, 0.717) is 17.1 Å². The normalized spacial score (nSPS) is 19.5. The van der Waals surface area contributed by atoms with Crippen molar-refractivity contribution in [2.24, 2.45) is 0 Å². The summed E-state index contributed by atoms with van der Waals surface area (Å²) in [5.74, 6) is 2.38. The smallest absolute Gasteiger partial charge is 0.215 e. The largest absolute Gasteiger partial charge is 0.481 e. The van der Waals surface area contributed by atoms with Crippen molar-refractivity contribution in [2.45, 2.75) is 24.6 Å². The summed E-state index contributed by atoms with van der Waals surface area (Å²) in [7, 11) is 1.62. The summed E-state index contributed by atoms with van der Waals surface area (Å²) >= 11 is 2.00. The number of fused-ring (bicyclic) bond motifs is 1. The third-order valence-electron chi connectivity index (χ3n) is 3.22. The first kappa shape index (κ1) is 11.6. The molecule has 1 unspecified atom stereocenters. The summed E-state index contributed by atoms with van der Waals surface area (Å²) in [5.41, 5.74) is 7.63. The molecule has 1 aliphatic heterocycles. The number of nitrogens with two attached hydrogens (primary N) is 1. The highest BCUT2D eigenvalue weighted by Crippen LogP contribution is 2.29. The van der Waals surface area contributed by atoms with Crippen molar-refractivity contribution in [1.29, 1.82) is 0 Å². The molecule has 1 saturated heterocycles. The van der Waals surface area contributed by atoms with Crippen LogP contribution in [0.2, 0.25) is 0 Å². The van der Waals surface area contributed by atoms with Crippen molar-refractivity contribution < 1.29 is 4.74 Å². The van der Waals surface area contributed by atoms with Crippen LogP contribution in [0.3, 0.4) is 0 Å². The molecule has 0 amide bonds. The lowest BCUT2D eigenvalue weighted by atomic mass is 10.2. The minimum Gasteiger partial charge on any atom is -0.481 e. The Bertz CT molecular complexity index is 562. The van der Waals surface area contributed by atoms with E-state index in [1.807, 2.05) is 28.5 Å². The number of aromatic nitrogens is 3. The Morgan fingerprint density at radius 2 is 2.39 bits per heavy atom. The highest BCUT2D eigenvalue weighted by atomic mass is 32.2.